The van der Waals surface area contributed by atoms with Gasteiger partial charge in [0.2, 0.25) is 10.0 Å². The molecule has 0 aliphatic carbocycles. The zero-order chi connectivity index (χ0) is 19.8. The molecule has 1 amide bonds. The summed E-state index contributed by atoms with van der Waals surface area (Å²) in [5.41, 5.74) is 1.56. The molecule has 8 nitrogen and oxygen atoms in total. The van der Waals surface area contributed by atoms with Gasteiger partial charge < -0.3 is 15.3 Å². The first-order valence-corrected chi connectivity index (χ1v) is 9.74. The number of amides is 1. The average molecular weight is 388 g/mol. The normalized spacial score (nSPS) is 12.0. The number of nitrogens with one attached hydrogen (secondary N) is 3. The van der Waals surface area contributed by atoms with Crippen LogP contribution in [0.5, 0.6) is 0 Å². The molecule has 3 aromatic rings. The van der Waals surface area contributed by atoms with Gasteiger partial charge in [0.15, 0.2) is 0 Å². The standard InChI is InChI=1S/C18H20N4O4S/c1-11(2)22(3)27(25,26)14-6-4-5-12(9-14)17(23)19-13-7-8-15-16(10-13)21-18(24)20-15/h4-11H,1-3H3,(H,19,23)(H2,20,21,24). The van der Waals surface area contributed by atoms with Crippen molar-refractivity contribution in [2.24, 2.45) is 0 Å². The SMILES string of the molecule is CC(C)N(C)S(=O)(=O)c1cccc(C(=O)Nc2ccc3[nH]c(=O)[nH]c3c2)c1. The van der Waals surface area contributed by atoms with E-state index in [1.807, 2.05) is 0 Å². The zero-order valence-electron chi connectivity index (χ0n) is 15.1. The minimum Gasteiger partial charge on any atom is -0.322 e. The number of hydrogen-bond donors (Lipinski definition) is 3. The number of H-pyrrole nitrogens is 2. The molecule has 27 heavy (non-hydrogen) atoms. The fourth-order valence-corrected chi connectivity index (χ4v) is 3.97. The number of aromatic nitrogens is 2. The van der Waals surface area contributed by atoms with Crippen molar-refractivity contribution in [2.75, 3.05) is 12.4 Å². The molecule has 9 heteroatoms. The van der Waals surface area contributed by atoms with E-state index in [2.05, 4.69) is 15.3 Å². The van der Waals surface area contributed by atoms with Gasteiger partial charge in [0, 0.05) is 24.3 Å². The first-order valence-electron chi connectivity index (χ1n) is 8.30. The average Bonchev–Trinajstić information content (AvgIpc) is 3.00. The number of rotatable bonds is 5. The van der Waals surface area contributed by atoms with Gasteiger partial charge in [0.25, 0.3) is 5.91 Å². The summed E-state index contributed by atoms with van der Waals surface area (Å²) in [6.45, 7) is 3.55. The maximum absolute atomic E-state index is 12.6. The van der Waals surface area contributed by atoms with Gasteiger partial charge in [-0.3, -0.25) is 4.79 Å². The fraction of sp³-hybridized carbons (Fsp3) is 0.222. The Kier molecular flexibility index (Phi) is 4.90. The summed E-state index contributed by atoms with van der Waals surface area (Å²) < 4.78 is 26.5. The molecule has 0 spiro atoms. The van der Waals surface area contributed by atoms with Crippen molar-refractivity contribution in [3.63, 3.8) is 0 Å². The number of imidazole rings is 1. The molecule has 2 aromatic carbocycles. The van der Waals surface area contributed by atoms with E-state index in [1.54, 1.807) is 38.1 Å². The van der Waals surface area contributed by atoms with Gasteiger partial charge in [-0.25, -0.2) is 13.2 Å². The number of carbonyl (C=O) groups is 1. The summed E-state index contributed by atoms with van der Waals surface area (Å²) in [6.07, 6.45) is 0. The lowest BCUT2D eigenvalue weighted by molar-refractivity contribution is 0.102. The second-order valence-corrected chi connectivity index (χ2v) is 8.43. The maximum Gasteiger partial charge on any atom is 0.323 e. The summed E-state index contributed by atoms with van der Waals surface area (Å²) in [5.74, 6) is -0.448. The third-order valence-electron chi connectivity index (χ3n) is 4.27. The largest absolute Gasteiger partial charge is 0.323 e. The lowest BCUT2D eigenvalue weighted by atomic mass is 10.2. The summed E-state index contributed by atoms with van der Waals surface area (Å²) >= 11 is 0. The second-order valence-electron chi connectivity index (χ2n) is 6.44. The van der Waals surface area contributed by atoms with Crippen molar-refractivity contribution in [1.82, 2.24) is 14.3 Å². The minimum atomic E-state index is -3.68. The highest BCUT2D eigenvalue weighted by atomic mass is 32.2. The minimum absolute atomic E-state index is 0.0526. The first kappa shape index (κ1) is 18.9. The van der Waals surface area contributed by atoms with Crippen LogP contribution in [0.1, 0.15) is 24.2 Å². The molecule has 0 saturated carbocycles. The third-order valence-corrected chi connectivity index (χ3v) is 6.30. The zero-order valence-corrected chi connectivity index (χ0v) is 15.9. The predicted octanol–water partition coefficient (Wildman–Crippen LogP) is 2.14. The molecule has 0 bridgehead atoms. The lowest BCUT2D eigenvalue weighted by Crippen LogP contribution is -2.33. The van der Waals surface area contributed by atoms with Crippen LogP contribution in [0.15, 0.2) is 52.2 Å². The Hall–Kier alpha value is -2.91. The van der Waals surface area contributed by atoms with E-state index in [1.165, 1.54) is 29.6 Å². The van der Waals surface area contributed by atoms with Crippen molar-refractivity contribution >= 4 is 32.7 Å². The number of aromatic amines is 2. The highest BCUT2D eigenvalue weighted by Gasteiger charge is 2.24. The van der Waals surface area contributed by atoms with Crippen LogP contribution in [-0.4, -0.2) is 41.7 Å². The van der Waals surface area contributed by atoms with Gasteiger partial charge in [-0.2, -0.15) is 4.31 Å². The van der Waals surface area contributed by atoms with Crippen LogP contribution in [0.3, 0.4) is 0 Å². The van der Waals surface area contributed by atoms with E-state index in [0.29, 0.717) is 16.7 Å². The van der Waals surface area contributed by atoms with Crippen LogP contribution < -0.4 is 11.0 Å². The molecule has 0 saturated heterocycles. The monoisotopic (exact) mass is 388 g/mol. The van der Waals surface area contributed by atoms with Crippen LogP contribution in [-0.2, 0) is 10.0 Å². The van der Waals surface area contributed by atoms with Crippen LogP contribution in [0.25, 0.3) is 11.0 Å². The number of benzene rings is 2. The van der Waals surface area contributed by atoms with Crippen LogP contribution in [0, 0.1) is 0 Å². The highest BCUT2D eigenvalue weighted by molar-refractivity contribution is 7.89. The smallest absolute Gasteiger partial charge is 0.322 e. The molecule has 0 aliphatic rings. The summed E-state index contributed by atoms with van der Waals surface area (Å²) in [5, 5.41) is 2.71. The van der Waals surface area contributed by atoms with Crippen molar-refractivity contribution in [3.8, 4) is 0 Å². The first-order chi connectivity index (χ1) is 12.7. The van der Waals surface area contributed by atoms with Crippen LogP contribution >= 0.6 is 0 Å². The number of sulfonamides is 1. The van der Waals surface area contributed by atoms with E-state index in [0.717, 1.165) is 0 Å². The number of carbonyl (C=O) groups excluding carboxylic acids is 1. The molecular weight excluding hydrogens is 368 g/mol. The molecule has 0 aliphatic heterocycles. The molecular formula is C18H20N4O4S. The topological polar surface area (TPSA) is 115 Å². The Balaban J connectivity index is 1.87. The quantitative estimate of drug-likeness (QED) is 0.621. The summed E-state index contributed by atoms with van der Waals surface area (Å²) in [4.78, 5) is 29.1. The van der Waals surface area contributed by atoms with Crippen LogP contribution in [0.2, 0.25) is 0 Å². The Morgan fingerprint density at radius 3 is 2.48 bits per heavy atom. The Morgan fingerprint density at radius 2 is 1.78 bits per heavy atom. The van der Waals surface area contributed by atoms with E-state index in [9.17, 15) is 18.0 Å². The van der Waals surface area contributed by atoms with Gasteiger partial charge in [-0.1, -0.05) is 6.07 Å². The summed E-state index contributed by atoms with van der Waals surface area (Å²) in [7, 11) is -2.18. The van der Waals surface area contributed by atoms with Crippen molar-refractivity contribution in [2.45, 2.75) is 24.8 Å². The van der Waals surface area contributed by atoms with E-state index in [-0.39, 0.29) is 22.2 Å². The molecule has 142 valence electrons. The molecule has 3 rings (SSSR count). The molecule has 1 heterocycles. The van der Waals surface area contributed by atoms with Crippen molar-refractivity contribution in [1.29, 1.82) is 0 Å². The Morgan fingerprint density at radius 1 is 1.07 bits per heavy atom. The number of fused-ring (bicyclic) bond motifs is 1. The van der Waals surface area contributed by atoms with Gasteiger partial charge in [0.05, 0.1) is 15.9 Å². The van der Waals surface area contributed by atoms with Gasteiger partial charge in [-0.05, 0) is 50.2 Å². The molecule has 0 radical (unpaired) electrons. The van der Waals surface area contributed by atoms with Crippen molar-refractivity contribution < 1.29 is 13.2 Å². The fourth-order valence-electron chi connectivity index (χ4n) is 2.56. The molecule has 0 unspecified atom stereocenters. The number of hydrogen-bond acceptors (Lipinski definition) is 4. The van der Waals surface area contributed by atoms with Crippen molar-refractivity contribution in [3.05, 3.63) is 58.5 Å². The molecule has 0 atom stereocenters. The molecule has 0 fully saturated rings. The maximum atomic E-state index is 12.6. The number of nitrogens with zero attached hydrogens (tertiary/aromatic N) is 1. The molecule has 3 N–H and O–H groups in total. The number of anilines is 1. The second kappa shape index (κ2) is 7.01. The lowest BCUT2D eigenvalue weighted by Gasteiger charge is -2.21. The van der Waals surface area contributed by atoms with Crippen LogP contribution in [0.4, 0.5) is 5.69 Å². The molecule has 1 aromatic heterocycles. The van der Waals surface area contributed by atoms with Gasteiger partial charge >= 0.3 is 5.69 Å². The van der Waals surface area contributed by atoms with E-state index in [4.69, 9.17) is 0 Å². The Labute approximate surface area is 156 Å². The third kappa shape index (κ3) is 3.79. The predicted molar refractivity (Wildman–Crippen MR) is 103 cm³/mol. The van der Waals surface area contributed by atoms with Gasteiger partial charge in [0.1, 0.15) is 0 Å². The summed E-state index contributed by atoms with van der Waals surface area (Å²) in [6, 6.07) is 10.6. The van der Waals surface area contributed by atoms with Gasteiger partial charge in [-0.15, -0.1) is 0 Å². The Bertz CT molecular complexity index is 1160. The highest BCUT2D eigenvalue weighted by Crippen LogP contribution is 2.20. The van der Waals surface area contributed by atoms with E-state index >= 15 is 0 Å². The van der Waals surface area contributed by atoms with E-state index < -0.39 is 15.9 Å².